The van der Waals surface area contributed by atoms with Gasteiger partial charge >= 0.3 is 0 Å². The van der Waals surface area contributed by atoms with Crippen molar-refractivity contribution in [1.29, 1.82) is 0 Å². The van der Waals surface area contributed by atoms with Crippen molar-refractivity contribution in [3.8, 4) is 0 Å². The van der Waals surface area contributed by atoms with Crippen LogP contribution >= 0.6 is 0 Å². The highest BCUT2D eigenvalue weighted by Crippen LogP contribution is 2.34. The van der Waals surface area contributed by atoms with Crippen molar-refractivity contribution < 1.29 is 0 Å². The summed E-state index contributed by atoms with van der Waals surface area (Å²) in [5.74, 6) is 1.93. The Hall–Kier alpha value is -0.730. The van der Waals surface area contributed by atoms with Crippen LogP contribution in [0.3, 0.4) is 0 Å². The second-order valence-electron chi connectivity index (χ2n) is 5.63. The van der Waals surface area contributed by atoms with Crippen molar-refractivity contribution in [3.63, 3.8) is 0 Å². The summed E-state index contributed by atoms with van der Waals surface area (Å²) in [5, 5.41) is 3.66. The molecule has 2 aliphatic heterocycles. The number of nitrogens with one attached hydrogen (secondary N) is 1. The molecule has 0 amide bonds. The van der Waals surface area contributed by atoms with Crippen LogP contribution in [0.4, 0.5) is 0 Å². The normalized spacial score (nSPS) is 42.1. The number of aliphatic imine (C=N–C) groups is 1. The molecule has 0 spiro atoms. The van der Waals surface area contributed by atoms with Gasteiger partial charge in [0, 0.05) is 18.6 Å². The number of nitrogens with zero attached hydrogens (tertiary/aromatic N) is 2. The van der Waals surface area contributed by atoms with Crippen molar-refractivity contribution in [3.05, 3.63) is 0 Å². The lowest BCUT2D eigenvalue weighted by atomic mass is 9.88. The molecule has 0 radical (unpaired) electrons. The Labute approximate surface area is 98.3 Å². The number of rotatable bonds is 1. The van der Waals surface area contributed by atoms with Crippen LogP contribution in [0.1, 0.15) is 46.0 Å². The minimum atomic E-state index is 0.687. The summed E-state index contributed by atoms with van der Waals surface area (Å²) in [5.41, 5.74) is 0. The summed E-state index contributed by atoms with van der Waals surface area (Å²) in [6.07, 6.45) is 6.75. The third kappa shape index (κ3) is 1.44. The van der Waals surface area contributed by atoms with E-state index in [1.54, 1.807) is 0 Å². The fourth-order valence-corrected chi connectivity index (χ4v) is 3.77. The Bertz CT molecular complexity index is 300. The minimum absolute atomic E-state index is 0.687. The molecule has 3 rings (SSSR count). The maximum atomic E-state index is 4.73. The molecule has 1 N–H and O–H groups in total. The summed E-state index contributed by atoms with van der Waals surface area (Å²) in [6.45, 7) is 5.68. The number of fused-ring (bicyclic) bond motifs is 3. The molecular weight excluding hydrogens is 198 g/mol. The van der Waals surface area contributed by atoms with Crippen molar-refractivity contribution >= 4 is 5.96 Å². The van der Waals surface area contributed by atoms with E-state index < -0.39 is 0 Å². The van der Waals surface area contributed by atoms with E-state index >= 15 is 0 Å². The predicted molar refractivity (Wildman–Crippen MR) is 66.6 cm³/mol. The number of guanidine groups is 1. The van der Waals surface area contributed by atoms with Gasteiger partial charge in [-0.15, -0.1) is 0 Å². The third-order valence-electron chi connectivity index (χ3n) is 4.61. The molecule has 1 aliphatic carbocycles. The largest absolute Gasteiger partial charge is 0.351 e. The molecule has 4 unspecified atom stereocenters. The molecule has 3 aliphatic rings. The predicted octanol–water partition coefficient (Wildman–Crippen LogP) is 1.99. The summed E-state index contributed by atoms with van der Waals surface area (Å²) in [7, 11) is 0. The zero-order chi connectivity index (χ0) is 11.1. The molecule has 1 saturated carbocycles. The van der Waals surface area contributed by atoms with Gasteiger partial charge in [0.1, 0.15) is 0 Å². The average molecular weight is 221 g/mol. The van der Waals surface area contributed by atoms with Crippen molar-refractivity contribution in [2.75, 3.05) is 6.54 Å². The second-order valence-corrected chi connectivity index (χ2v) is 5.63. The quantitative estimate of drug-likeness (QED) is 0.733. The highest BCUT2D eigenvalue weighted by Gasteiger charge is 2.44. The summed E-state index contributed by atoms with van der Waals surface area (Å²) in [4.78, 5) is 7.35. The molecule has 4 atom stereocenters. The molecule has 3 nitrogen and oxygen atoms in total. The Morgan fingerprint density at radius 3 is 3.00 bits per heavy atom. The van der Waals surface area contributed by atoms with E-state index in [0.29, 0.717) is 12.1 Å². The van der Waals surface area contributed by atoms with E-state index in [4.69, 9.17) is 4.99 Å². The van der Waals surface area contributed by atoms with Crippen LogP contribution in [0.2, 0.25) is 0 Å². The van der Waals surface area contributed by atoms with Crippen LogP contribution in [0.5, 0.6) is 0 Å². The third-order valence-corrected chi connectivity index (χ3v) is 4.61. The van der Waals surface area contributed by atoms with Gasteiger partial charge in [-0.05, 0) is 25.2 Å². The first-order valence-corrected chi connectivity index (χ1v) is 6.90. The summed E-state index contributed by atoms with van der Waals surface area (Å²) in [6, 6.07) is 2.14. The van der Waals surface area contributed by atoms with Crippen LogP contribution < -0.4 is 5.32 Å². The van der Waals surface area contributed by atoms with Crippen LogP contribution in [-0.2, 0) is 0 Å². The molecule has 3 heteroatoms. The van der Waals surface area contributed by atoms with E-state index in [1.165, 1.54) is 38.1 Å². The Balaban J connectivity index is 1.88. The van der Waals surface area contributed by atoms with Crippen molar-refractivity contribution in [2.24, 2.45) is 10.9 Å². The standard InChI is InChI=1S/C13H23N3/c1-3-11-9(2)8-14-13-15-10-6-4-5-7-12(10)16(11)13/h9-12H,3-8H2,1-2H3,(H,14,15). The SMILES string of the molecule is CCC1C(C)CN=C2NC3CCCCC3N21. The molecule has 2 fully saturated rings. The molecule has 0 aromatic rings. The van der Waals surface area contributed by atoms with Gasteiger partial charge in [0.05, 0.1) is 6.04 Å². The first kappa shape index (κ1) is 10.4. The van der Waals surface area contributed by atoms with Gasteiger partial charge in [0.25, 0.3) is 0 Å². The Kier molecular flexibility index (Phi) is 2.56. The van der Waals surface area contributed by atoms with Gasteiger partial charge < -0.3 is 10.2 Å². The zero-order valence-electron chi connectivity index (χ0n) is 10.4. The van der Waals surface area contributed by atoms with Crippen molar-refractivity contribution in [2.45, 2.75) is 64.1 Å². The molecule has 2 heterocycles. The molecule has 0 aromatic heterocycles. The van der Waals surface area contributed by atoms with Crippen LogP contribution in [0.15, 0.2) is 4.99 Å². The summed E-state index contributed by atoms with van der Waals surface area (Å²) < 4.78 is 0. The van der Waals surface area contributed by atoms with E-state index in [0.717, 1.165) is 18.5 Å². The maximum absolute atomic E-state index is 4.73. The lowest BCUT2D eigenvalue weighted by molar-refractivity contribution is 0.151. The minimum Gasteiger partial charge on any atom is -0.351 e. The van der Waals surface area contributed by atoms with Crippen LogP contribution in [0.25, 0.3) is 0 Å². The van der Waals surface area contributed by atoms with E-state index in [9.17, 15) is 0 Å². The van der Waals surface area contributed by atoms with Gasteiger partial charge in [-0.3, -0.25) is 4.99 Å². The molecule has 0 aromatic carbocycles. The van der Waals surface area contributed by atoms with Crippen LogP contribution in [0, 0.1) is 5.92 Å². The smallest absolute Gasteiger partial charge is 0.194 e. The summed E-state index contributed by atoms with van der Waals surface area (Å²) >= 11 is 0. The molecule has 1 saturated heterocycles. The average Bonchev–Trinajstić information content (AvgIpc) is 2.68. The lowest BCUT2D eigenvalue weighted by Gasteiger charge is -2.41. The van der Waals surface area contributed by atoms with Crippen LogP contribution in [-0.4, -0.2) is 35.5 Å². The molecule has 0 bridgehead atoms. The Morgan fingerprint density at radius 1 is 1.38 bits per heavy atom. The maximum Gasteiger partial charge on any atom is 0.194 e. The highest BCUT2D eigenvalue weighted by atomic mass is 15.4. The second kappa shape index (κ2) is 3.94. The monoisotopic (exact) mass is 221 g/mol. The fraction of sp³-hybridized carbons (Fsp3) is 0.923. The number of hydrogen-bond acceptors (Lipinski definition) is 3. The topological polar surface area (TPSA) is 27.6 Å². The van der Waals surface area contributed by atoms with Gasteiger partial charge in [0.2, 0.25) is 0 Å². The van der Waals surface area contributed by atoms with Gasteiger partial charge in [0.15, 0.2) is 5.96 Å². The first-order chi connectivity index (χ1) is 7.81. The zero-order valence-corrected chi connectivity index (χ0v) is 10.4. The van der Waals surface area contributed by atoms with E-state index in [1.807, 2.05) is 0 Å². The molecular formula is C13H23N3. The fourth-order valence-electron chi connectivity index (χ4n) is 3.77. The van der Waals surface area contributed by atoms with Gasteiger partial charge in [-0.25, -0.2) is 0 Å². The van der Waals surface area contributed by atoms with Gasteiger partial charge in [-0.2, -0.15) is 0 Å². The van der Waals surface area contributed by atoms with Crippen molar-refractivity contribution in [1.82, 2.24) is 10.2 Å². The first-order valence-electron chi connectivity index (χ1n) is 6.90. The molecule has 90 valence electrons. The lowest BCUT2D eigenvalue weighted by Crippen LogP contribution is -2.50. The highest BCUT2D eigenvalue weighted by molar-refractivity contribution is 5.84. The van der Waals surface area contributed by atoms with E-state index in [2.05, 4.69) is 24.1 Å². The van der Waals surface area contributed by atoms with E-state index in [-0.39, 0.29) is 0 Å². The Morgan fingerprint density at radius 2 is 2.19 bits per heavy atom. The van der Waals surface area contributed by atoms with Gasteiger partial charge in [-0.1, -0.05) is 26.7 Å². The number of hydrogen-bond donors (Lipinski definition) is 1. The molecule has 16 heavy (non-hydrogen) atoms.